The van der Waals surface area contributed by atoms with Gasteiger partial charge in [0.25, 0.3) is 0 Å². The SMILES string of the molecule is C=CCn1cc(-c2c(C#N)c(N)nc3c2CC(CC(=O)O)CC3)c(C)n1. The molecule has 7 nitrogen and oxygen atoms in total. The molecule has 0 fully saturated rings. The number of nitrogens with two attached hydrogens (primary N) is 1. The Kier molecular flexibility index (Phi) is 4.76. The molecule has 0 bridgehead atoms. The highest BCUT2D eigenvalue weighted by Crippen LogP contribution is 2.39. The van der Waals surface area contributed by atoms with Gasteiger partial charge in [-0.2, -0.15) is 10.4 Å². The van der Waals surface area contributed by atoms with Crippen LogP contribution in [0.3, 0.4) is 0 Å². The molecule has 1 unspecified atom stereocenters. The minimum Gasteiger partial charge on any atom is -0.481 e. The molecular formula is C19H21N5O2. The Balaban J connectivity index is 2.18. The summed E-state index contributed by atoms with van der Waals surface area (Å²) in [6, 6.07) is 2.18. The highest BCUT2D eigenvalue weighted by molar-refractivity contribution is 5.80. The third-order valence-corrected chi connectivity index (χ3v) is 4.80. The van der Waals surface area contributed by atoms with Gasteiger partial charge in [-0.15, -0.1) is 6.58 Å². The molecule has 2 aromatic rings. The zero-order valence-corrected chi connectivity index (χ0v) is 14.7. The maximum atomic E-state index is 11.1. The number of hydrogen-bond donors (Lipinski definition) is 2. The number of nitrogen functional groups attached to an aromatic ring is 1. The highest BCUT2D eigenvalue weighted by atomic mass is 16.4. The first-order chi connectivity index (χ1) is 12.4. The van der Waals surface area contributed by atoms with E-state index < -0.39 is 5.97 Å². The second kappa shape index (κ2) is 7.00. The molecular weight excluding hydrogens is 330 g/mol. The Morgan fingerprint density at radius 3 is 3.04 bits per heavy atom. The zero-order valence-electron chi connectivity index (χ0n) is 14.7. The Labute approximate surface area is 151 Å². The number of allylic oxidation sites excluding steroid dienone is 1. The van der Waals surface area contributed by atoms with Crippen LogP contribution in [0.5, 0.6) is 0 Å². The molecule has 0 aliphatic heterocycles. The first-order valence-electron chi connectivity index (χ1n) is 8.53. The summed E-state index contributed by atoms with van der Waals surface area (Å²) in [5, 5.41) is 23.3. The monoisotopic (exact) mass is 351 g/mol. The molecule has 3 rings (SSSR count). The van der Waals surface area contributed by atoms with Crippen LogP contribution in [-0.2, 0) is 24.2 Å². The summed E-state index contributed by atoms with van der Waals surface area (Å²) in [5.41, 5.74) is 10.5. The minimum atomic E-state index is -0.807. The number of carbonyl (C=O) groups is 1. The van der Waals surface area contributed by atoms with Crippen LogP contribution >= 0.6 is 0 Å². The van der Waals surface area contributed by atoms with Crippen LogP contribution in [-0.4, -0.2) is 25.8 Å². The number of carboxylic acid groups (broad SMARTS) is 1. The van der Waals surface area contributed by atoms with E-state index in [1.165, 1.54) is 0 Å². The number of aromatic nitrogens is 3. The van der Waals surface area contributed by atoms with Crippen LogP contribution < -0.4 is 5.73 Å². The molecule has 2 aromatic heterocycles. The van der Waals surface area contributed by atoms with E-state index >= 15 is 0 Å². The lowest BCUT2D eigenvalue weighted by atomic mass is 9.80. The molecule has 0 spiro atoms. The van der Waals surface area contributed by atoms with Crippen molar-refractivity contribution in [3.8, 4) is 17.2 Å². The molecule has 134 valence electrons. The summed E-state index contributed by atoms with van der Waals surface area (Å²) in [6.07, 6.45) is 5.74. The molecule has 1 aliphatic rings. The van der Waals surface area contributed by atoms with Crippen molar-refractivity contribution in [1.29, 1.82) is 5.26 Å². The van der Waals surface area contributed by atoms with E-state index in [4.69, 9.17) is 10.8 Å². The van der Waals surface area contributed by atoms with Crippen LogP contribution in [0, 0.1) is 24.2 Å². The third kappa shape index (κ3) is 3.18. The van der Waals surface area contributed by atoms with Crippen LogP contribution in [0.25, 0.3) is 11.1 Å². The fraction of sp³-hybridized carbons (Fsp3) is 0.368. The number of rotatable bonds is 5. The van der Waals surface area contributed by atoms with Gasteiger partial charge in [-0.25, -0.2) is 4.98 Å². The fourth-order valence-corrected chi connectivity index (χ4v) is 3.67. The number of pyridine rings is 1. The van der Waals surface area contributed by atoms with E-state index in [1.54, 1.807) is 10.8 Å². The lowest BCUT2D eigenvalue weighted by Gasteiger charge is -2.26. The number of fused-ring (bicyclic) bond motifs is 1. The molecule has 0 aromatic carbocycles. The van der Waals surface area contributed by atoms with Crippen molar-refractivity contribution < 1.29 is 9.90 Å². The maximum absolute atomic E-state index is 11.1. The summed E-state index contributed by atoms with van der Waals surface area (Å²) in [5.74, 6) is -0.563. The van der Waals surface area contributed by atoms with Crippen molar-refractivity contribution in [1.82, 2.24) is 14.8 Å². The van der Waals surface area contributed by atoms with E-state index in [9.17, 15) is 10.1 Å². The first-order valence-corrected chi connectivity index (χ1v) is 8.53. The number of nitriles is 1. The van der Waals surface area contributed by atoms with Crippen LogP contribution in [0.4, 0.5) is 5.82 Å². The second-order valence-corrected chi connectivity index (χ2v) is 6.63. The van der Waals surface area contributed by atoms with Crippen molar-refractivity contribution in [3.05, 3.63) is 41.4 Å². The topological polar surface area (TPSA) is 118 Å². The number of anilines is 1. The van der Waals surface area contributed by atoms with Gasteiger partial charge < -0.3 is 10.8 Å². The molecule has 3 N–H and O–H groups in total. The average Bonchev–Trinajstić information content (AvgIpc) is 2.94. The molecule has 1 aliphatic carbocycles. The molecule has 2 heterocycles. The predicted molar refractivity (Wildman–Crippen MR) is 97.3 cm³/mol. The smallest absolute Gasteiger partial charge is 0.303 e. The van der Waals surface area contributed by atoms with Crippen LogP contribution in [0.1, 0.15) is 35.4 Å². The van der Waals surface area contributed by atoms with Crippen LogP contribution in [0.15, 0.2) is 18.9 Å². The van der Waals surface area contributed by atoms with E-state index in [-0.39, 0.29) is 18.2 Å². The average molecular weight is 351 g/mol. The minimum absolute atomic E-state index is 0.0271. The first kappa shape index (κ1) is 17.7. The summed E-state index contributed by atoms with van der Waals surface area (Å²) < 4.78 is 1.76. The van der Waals surface area contributed by atoms with E-state index in [1.807, 2.05) is 13.1 Å². The molecule has 0 saturated carbocycles. The number of aliphatic carboxylic acids is 1. The van der Waals surface area contributed by atoms with Crippen molar-refractivity contribution >= 4 is 11.8 Å². The summed E-state index contributed by atoms with van der Waals surface area (Å²) >= 11 is 0. The van der Waals surface area contributed by atoms with Gasteiger partial charge in [0.1, 0.15) is 17.5 Å². The van der Waals surface area contributed by atoms with Crippen LogP contribution in [0.2, 0.25) is 0 Å². The summed E-state index contributed by atoms with van der Waals surface area (Å²) in [7, 11) is 0. The van der Waals surface area contributed by atoms with E-state index in [0.717, 1.165) is 34.5 Å². The Morgan fingerprint density at radius 1 is 1.62 bits per heavy atom. The second-order valence-electron chi connectivity index (χ2n) is 6.63. The molecule has 1 atom stereocenters. The largest absolute Gasteiger partial charge is 0.481 e. The number of carboxylic acids is 1. The lowest BCUT2D eigenvalue weighted by molar-refractivity contribution is -0.138. The van der Waals surface area contributed by atoms with Gasteiger partial charge in [0, 0.05) is 29.4 Å². The fourth-order valence-electron chi connectivity index (χ4n) is 3.67. The molecule has 0 saturated heterocycles. The van der Waals surface area contributed by atoms with Crippen molar-refractivity contribution in [2.45, 2.75) is 39.2 Å². The van der Waals surface area contributed by atoms with Gasteiger partial charge in [-0.05, 0) is 37.7 Å². The van der Waals surface area contributed by atoms with Gasteiger partial charge in [-0.3, -0.25) is 9.48 Å². The third-order valence-electron chi connectivity index (χ3n) is 4.80. The van der Waals surface area contributed by atoms with Gasteiger partial charge >= 0.3 is 5.97 Å². The number of nitrogens with zero attached hydrogens (tertiary/aromatic N) is 4. The van der Waals surface area contributed by atoms with E-state index in [0.29, 0.717) is 24.9 Å². The number of aryl methyl sites for hydroxylation is 2. The predicted octanol–water partition coefficient (Wildman–Crippen LogP) is 2.47. The molecule has 0 radical (unpaired) electrons. The lowest BCUT2D eigenvalue weighted by Crippen LogP contribution is -2.21. The molecule has 7 heteroatoms. The quantitative estimate of drug-likeness (QED) is 0.799. The normalized spacial score (nSPS) is 15.9. The van der Waals surface area contributed by atoms with Gasteiger partial charge in [0.05, 0.1) is 12.2 Å². The highest BCUT2D eigenvalue weighted by Gasteiger charge is 2.28. The van der Waals surface area contributed by atoms with Crippen molar-refractivity contribution in [2.75, 3.05) is 5.73 Å². The Bertz CT molecular complexity index is 923. The number of hydrogen-bond acceptors (Lipinski definition) is 5. The molecule has 0 amide bonds. The van der Waals surface area contributed by atoms with Crippen molar-refractivity contribution in [2.24, 2.45) is 5.92 Å². The summed E-state index contributed by atoms with van der Waals surface area (Å²) in [6.45, 7) is 6.17. The van der Waals surface area contributed by atoms with E-state index in [2.05, 4.69) is 22.7 Å². The van der Waals surface area contributed by atoms with Gasteiger partial charge in [0.2, 0.25) is 0 Å². The Hall–Kier alpha value is -3.14. The van der Waals surface area contributed by atoms with Gasteiger partial charge in [0.15, 0.2) is 0 Å². The maximum Gasteiger partial charge on any atom is 0.303 e. The summed E-state index contributed by atoms with van der Waals surface area (Å²) in [4.78, 5) is 15.6. The standard InChI is InChI=1S/C19H21N5O2/c1-3-6-24-10-15(11(2)23-24)18-13-7-12(8-17(25)26)4-5-16(13)22-19(21)14(18)9-20/h3,10,12H,1,4-8H2,2H3,(H2,21,22)(H,25,26). The zero-order chi connectivity index (χ0) is 18.8. The molecule has 26 heavy (non-hydrogen) atoms. The van der Waals surface area contributed by atoms with Gasteiger partial charge in [-0.1, -0.05) is 6.08 Å². The van der Waals surface area contributed by atoms with Crippen molar-refractivity contribution in [3.63, 3.8) is 0 Å². The Morgan fingerprint density at radius 2 is 2.38 bits per heavy atom.